The highest BCUT2D eigenvalue weighted by atomic mass is 19.4. The molecule has 0 aromatic carbocycles. The fourth-order valence-electron chi connectivity index (χ4n) is 4.65. The molecule has 6 rings (SSSR count). The largest absolute Gasteiger partial charge is 0.471 e. The van der Waals surface area contributed by atoms with Gasteiger partial charge in [-0.15, -0.1) is 0 Å². The van der Waals surface area contributed by atoms with Crippen molar-refractivity contribution in [3.63, 3.8) is 0 Å². The number of aromatic nitrogens is 5. The lowest BCUT2D eigenvalue weighted by molar-refractivity contribution is -0.141. The maximum atomic E-state index is 13.6. The van der Waals surface area contributed by atoms with Crippen LogP contribution in [0.15, 0.2) is 43.1 Å². The van der Waals surface area contributed by atoms with Crippen LogP contribution in [0.1, 0.15) is 41.0 Å². The zero-order valence-corrected chi connectivity index (χ0v) is 18.2. The summed E-state index contributed by atoms with van der Waals surface area (Å²) in [4.78, 5) is 35.6. The molecule has 3 aliphatic rings. The van der Waals surface area contributed by atoms with Crippen molar-refractivity contribution >= 4 is 5.91 Å². The quantitative estimate of drug-likeness (QED) is 0.574. The third-order valence-corrected chi connectivity index (χ3v) is 6.21. The van der Waals surface area contributed by atoms with E-state index in [-0.39, 0.29) is 29.4 Å². The van der Waals surface area contributed by atoms with Crippen molar-refractivity contribution < 1.29 is 22.7 Å². The monoisotopic (exact) mass is 470 g/mol. The highest BCUT2D eigenvalue weighted by Crippen LogP contribution is 2.38. The third-order valence-electron chi connectivity index (χ3n) is 6.21. The number of halogens is 3. The van der Waals surface area contributed by atoms with E-state index >= 15 is 0 Å². The number of hydrogen-bond acceptors (Lipinski definition) is 7. The van der Waals surface area contributed by atoms with Crippen LogP contribution in [0, 0.1) is 12.8 Å². The number of aryl methyl sites for hydroxylation is 1. The lowest BCUT2D eigenvalue weighted by Gasteiger charge is -2.49. The maximum absolute atomic E-state index is 13.6. The first-order valence-corrected chi connectivity index (χ1v) is 10.9. The van der Waals surface area contributed by atoms with Crippen LogP contribution in [-0.2, 0) is 6.18 Å². The van der Waals surface area contributed by atoms with E-state index in [9.17, 15) is 18.0 Å². The third kappa shape index (κ3) is 4.29. The van der Waals surface area contributed by atoms with Crippen LogP contribution >= 0.6 is 0 Å². The maximum Gasteiger partial charge on any atom is 0.434 e. The van der Waals surface area contributed by atoms with Crippen LogP contribution in [0.2, 0.25) is 0 Å². The molecule has 3 aromatic heterocycles. The number of carbonyl (C=O) groups is 1. The molecule has 0 spiro atoms. The summed E-state index contributed by atoms with van der Waals surface area (Å²) in [6.07, 6.45) is 3.87. The molecule has 1 amide bonds. The van der Waals surface area contributed by atoms with Crippen LogP contribution in [0.25, 0.3) is 11.4 Å². The molecule has 3 unspecified atom stereocenters. The molecule has 176 valence electrons. The van der Waals surface area contributed by atoms with Gasteiger partial charge in [0.05, 0.1) is 24.0 Å². The lowest BCUT2D eigenvalue weighted by atomic mass is 9.77. The Labute approximate surface area is 193 Å². The number of hydrogen-bond donors (Lipinski definition) is 0. The van der Waals surface area contributed by atoms with Gasteiger partial charge >= 0.3 is 6.18 Å². The number of ether oxygens (including phenoxy) is 1. The van der Waals surface area contributed by atoms with Gasteiger partial charge in [-0.1, -0.05) is 0 Å². The fourth-order valence-corrected chi connectivity index (χ4v) is 4.65. The first-order valence-electron chi connectivity index (χ1n) is 10.9. The van der Waals surface area contributed by atoms with Crippen molar-refractivity contribution in [1.29, 1.82) is 0 Å². The van der Waals surface area contributed by atoms with Crippen molar-refractivity contribution in [2.75, 3.05) is 6.54 Å². The Balaban J connectivity index is 1.40. The molecule has 1 saturated carbocycles. The fraction of sp³-hybridized carbons (Fsp3) is 0.391. The molecule has 8 nitrogen and oxygen atoms in total. The molecule has 2 bridgehead atoms. The second-order valence-electron chi connectivity index (χ2n) is 8.58. The Morgan fingerprint density at radius 2 is 1.85 bits per heavy atom. The average molecular weight is 470 g/mol. The van der Waals surface area contributed by atoms with E-state index in [1.54, 1.807) is 29.6 Å². The van der Waals surface area contributed by atoms with Gasteiger partial charge in [-0.3, -0.25) is 9.78 Å². The highest BCUT2D eigenvalue weighted by molar-refractivity contribution is 5.98. The second kappa shape index (κ2) is 8.62. The summed E-state index contributed by atoms with van der Waals surface area (Å²) in [5.41, 5.74) is 0.611. The molecule has 3 atom stereocenters. The van der Waals surface area contributed by atoms with Crippen LogP contribution in [0.4, 0.5) is 13.2 Å². The smallest absolute Gasteiger partial charge is 0.434 e. The van der Waals surface area contributed by atoms with E-state index in [2.05, 4.69) is 24.9 Å². The van der Waals surface area contributed by atoms with Gasteiger partial charge in [-0.25, -0.2) is 19.9 Å². The zero-order chi connectivity index (χ0) is 23.9. The number of carbonyl (C=O) groups excluding carboxylic acids is 1. The molecule has 3 fully saturated rings. The predicted molar refractivity (Wildman–Crippen MR) is 114 cm³/mol. The Morgan fingerprint density at radius 1 is 1.06 bits per heavy atom. The first kappa shape index (κ1) is 22.2. The van der Waals surface area contributed by atoms with Crippen LogP contribution in [0.5, 0.6) is 5.88 Å². The van der Waals surface area contributed by atoms with Crippen molar-refractivity contribution in [3.05, 3.63) is 60.1 Å². The van der Waals surface area contributed by atoms with E-state index in [0.717, 1.165) is 24.6 Å². The normalized spacial score (nSPS) is 22.0. The molecule has 0 N–H and O–H groups in total. The molecular weight excluding hydrogens is 449 g/mol. The van der Waals surface area contributed by atoms with Crippen LogP contribution in [0.3, 0.4) is 0 Å². The van der Waals surface area contributed by atoms with Gasteiger partial charge in [0.25, 0.3) is 5.91 Å². The Kier molecular flexibility index (Phi) is 5.62. The molecule has 34 heavy (non-hydrogen) atoms. The molecule has 5 heterocycles. The summed E-state index contributed by atoms with van der Waals surface area (Å²) < 4.78 is 44.3. The van der Waals surface area contributed by atoms with Crippen molar-refractivity contribution in [1.82, 2.24) is 29.8 Å². The zero-order valence-electron chi connectivity index (χ0n) is 18.2. The summed E-state index contributed by atoms with van der Waals surface area (Å²) in [7, 11) is 0. The molecule has 2 saturated heterocycles. The Hall–Kier alpha value is -3.63. The summed E-state index contributed by atoms with van der Waals surface area (Å²) in [5, 5.41) is 0. The minimum Gasteiger partial charge on any atom is -0.471 e. The van der Waals surface area contributed by atoms with Gasteiger partial charge in [0, 0.05) is 25.1 Å². The van der Waals surface area contributed by atoms with Crippen molar-refractivity contribution in [2.24, 2.45) is 5.92 Å². The van der Waals surface area contributed by atoms with Gasteiger partial charge in [0.1, 0.15) is 11.8 Å². The van der Waals surface area contributed by atoms with Crippen molar-refractivity contribution in [2.45, 2.75) is 44.5 Å². The first-order chi connectivity index (χ1) is 16.3. The number of alkyl halides is 3. The van der Waals surface area contributed by atoms with E-state index in [1.807, 2.05) is 13.0 Å². The lowest BCUT2D eigenvalue weighted by Crippen LogP contribution is -2.59. The predicted octanol–water partition coefficient (Wildman–Crippen LogP) is 3.73. The summed E-state index contributed by atoms with van der Waals surface area (Å²) >= 11 is 0. The molecule has 3 aromatic rings. The number of pyridine rings is 1. The minimum atomic E-state index is -4.57. The topological polar surface area (TPSA) is 94.0 Å². The van der Waals surface area contributed by atoms with Gasteiger partial charge in [0.2, 0.25) is 5.88 Å². The van der Waals surface area contributed by atoms with Gasteiger partial charge in [0.15, 0.2) is 11.5 Å². The van der Waals surface area contributed by atoms with E-state index in [0.29, 0.717) is 30.6 Å². The van der Waals surface area contributed by atoms with E-state index in [1.165, 1.54) is 0 Å². The van der Waals surface area contributed by atoms with E-state index < -0.39 is 18.0 Å². The number of fused-ring (bicyclic) bond motifs is 3. The molecule has 2 aliphatic heterocycles. The van der Waals surface area contributed by atoms with Crippen molar-refractivity contribution in [3.8, 4) is 17.3 Å². The number of nitrogens with zero attached hydrogens (tertiary/aromatic N) is 6. The number of rotatable bonds is 4. The highest BCUT2D eigenvalue weighted by Gasteiger charge is 2.45. The molecule has 1 aliphatic carbocycles. The number of amides is 1. The summed E-state index contributed by atoms with van der Waals surface area (Å²) in [5.74, 6) is 0.383. The van der Waals surface area contributed by atoms with Gasteiger partial charge in [-0.2, -0.15) is 13.2 Å². The SMILES string of the molecule is Cc1cnc(C(=O)N2CC3CCC2C(Oc2cnc(C(F)(F)F)cn2)C3)c(-c2ncccn2)c1. The molecule has 11 heteroatoms. The van der Waals surface area contributed by atoms with Gasteiger partial charge < -0.3 is 9.64 Å². The standard InChI is InChI=1S/C23H21F3N6O2/c1-13-7-15(21-27-5-2-6-28-21)20(31-9-13)22(33)32-12-14-3-4-16(32)17(8-14)34-19-11-29-18(10-30-19)23(24,25)26/h2,5-7,9-11,14,16-17H,3-4,8,12H2,1H3. The van der Waals surface area contributed by atoms with Gasteiger partial charge in [-0.05, 0) is 49.8 Å². The summed E-state index contributed by atoms with van der Waals surface area (Å²) in [6.45, 7) is 2.44. The molecular formula is C23H21F3N6O2. The Morgan fingerprint density at radius 3 is 2.53 bits per heavy atom. The number of piperidine rings is 2. The van der Waals surface area contributed by atoms with Crippen LogP contribution < -0.4 is 4.74 Å². The summed E-state index contributed by atoms with van der Waals surface area (Å²) in [6, 6.07) is 3.28. The average Bonchev–Trinajstić information content (AvgIpc) is 2.84. The molecule has 0 radical (unpaired) electrons. The minimum absolute atomic E-state index is 0.00443. The Bertz CT molecular complexity index is 1190. The second-order valence-corrected chi connectivity index (χ2v) is 8.58. The van der Waals surface area contributed by atoms with E-state index in [4.69, 9.17) is 4.74 Å². The van der Waals surface area contributed by atoms with Crippen LogP contribution in [-0.4, -0.2) is 54.4 Å².